The first kappa shape index (κ1) is 13.2. The van der Waals surface area contributed by atoms with Crippen LogP contribution < -0.4 is 14.8 Å². The lowest BCUT2D eigenvalue weighted by Crippen LogP contribution is -2.37. The molecule has 1 aliphatic heterocycles. The third-order valence-corrected chi connectivity index (χ3v) is 3.49. The van der Waals surface area contributed by atoms with E-state index in [1.54, 1.807) is 0 Å². The first-order valence-corrected chi connectivity index (χ1v) is 6.75. The lowest BCUT2D eigenvalue weighted by molar-refractivity contribution is 0.295. The van der Waals surface area contributed by atoms with E-state index >= 15 is 0 Å². The lowest BCUT2D eigenvalue weighted by Gasteiger charge is -2.25. The summed E-state index contributed by atoms with van der Waals surface area (Å²) in [7, 11) is 0. The Morgan fingerprint density at radius 1 is 1.22 bits per heavy atom. The van der Waals surface area contributed by atoms with Gasteiger partial charge in [0.05, 0.1) is 13.2 Å². The van der Waals surface area contributed by atoms with Crippen LogP contribution in [-0.4, -0.2) is 18.8 Å². The van der Waals surface area contributed by atoms with Gasteiger partial charge in [-0.15, -0.1) is 0 Å². The number of hydrogen-bond donors (Lipinski definition) is 1. The van der Waals surface area contributed by atoms with Crippen molar-refractivity contribution >= 4 is 0 Å². The zero-order valence-electron chi connectivity index (χ0n) is 11.6. The van der Waals surface area contributed by atoms with Crippen LogP contribution in [0.3, 0.4) is 0 Å². The predicted molar refractivity (Wildman–Crippen MR) is 73.3 cm³/mol. The molecule has 0 saturated heterocycles. The van der Waals surface area contributed by atoms with E-state index in [1.807, 2.05) is 12.1 Å². The van der Waals surface area contributed by atoms with E-state index in [1.165, 1.54) is 5.56 Å². The van der Waals surface area contributed by atoms with Gasteiger partial charge < -0.3 is 14.8 Å². The van der Waals surface area contributed by atoms with E-state index in [-0.39, 0.29) is 5.54 Å². The van der Waals surface area contributed by atoms with Crippen LogP contribution in [-0.2, 0) is 6.54 Å². The molecule has 1 aromatic carbocycles. The van der Waals surface area contributed by atoms with Crippen molar-refractivity contribution in [2.75, 3.05) is 13.2 Å². The fraction of sp³-hybridized carbons (Fsp3) is 0.600. The maximum absolute atomic E-state index is 5.81. The van der Waals surface area contributed by atoms with Crippen LogP contribution in [0.4, 0.5) is 0 Å². The SMILES string of the molecule is CCC(C)(C)NCc1cccc2c1OCCCO2. The first-order valence-electron chi connectivity index (χ1n) is 6.75. The summed E-state index contributed by atoms with van der Waals surface area (Å²) in [5.41, 5.74) is 1.32. The largest absolute Gasteiger partial charge is 0.490 e. The standard InChI is InChI=1S/C15H23NO2/c1-4-15(2,3)16-11-12-7-5-8-13-14(12)18-10-6-9-17-13/h5,7-8,16H,4,6,9-11H2,1-3H3. The van der Waals surface area contributed by atoms with Crippen molar-refractivity contribution in [3.05, 3.63) is 23.8 Å². The summed E-state index contributed by atoms with van der Waals surface area (Å²) < 4.78 is 11.5. The molecule has 0 amide bonds. The first-order chi connectivity index (χ1) is 8.62. The molecular formula is C15H23NO2. The van der Waals surface area contributed by atoms with Gasteiger partial charge in [0.15, 0.2) is 11.5 Å². The van der Waals surface area contributed by atoms with Gasteiger partial charge in [0.25, 0.3) is 0 Å². The molecule has 1 heterocycles. The summed E-state index contributed by atoms with van der Waals surface area (Å²) in [6, 6.07) is 6.12. The molecule has 3 nitrogen and oxygen atoms in total. The van der Waals surface area contributed by atoms with E-state index in [0.717, 1.165) is 44.1 Å². The Balaban J connectivity index is 2.13. The molecule has 0 saturated carbocycles. The van der Waals surface area contributed by atoms with Crippen LogP contribution in [0.15, 0.2) is 18.2 Å². The Morgan fingerprint density at radius 2 is 2.00 bits per heavy atom. The third-order valence-electron chi connectivity index (χ3n) is 3.49. The fourth-order valence-electron chi connectivity index (χ4n) is 1.85. The summed E-state index contributed by atoms with van der Waals surface area (Å²) >= 11 is 0. The van der Waals surface area contributed by atoms with Crippen molar-refractivity contribution in [2.24, 2.45) is 0 Å². The number of benzene rings is 1. The molecule has 0 spiro atoms. The Hall–Kier alpha value is -1.22. The molecule has 0 atom stereocenters. The van der Waals surface area contributed by atoms with Crippen LogP contribution in [0.2, 0.25) is 0 Å². The van der Waals surface area contributed by atoms with E-state index in [9.17, 15) is 0 Å². The average molecular weight is 249 g/mol. The van der Waals surface area contributed by atoms with E-state index in [0.29, 0.717) is 0 Å². The van der Waals surface area contributed by atoms with Crippen molar-refractivity contribution in [1.29, 1.82) is 0 Å². The van der Waals surface area contributed by atoms with Gasteiger partial charge in [0.2, 0.25) is 0 Å². The highest BCUT2D eigenvalue weighted by Gasteiger charge is 2.18. The molecular weight excluding hydrogens is 226 g/mol. The van der Waals surface area contributed by atoms with E-state index in [2.05, 4.69) is 32.2 Å². The second-order valence-electron chi connectivity index (χ2n) is 5.39. The third kappa shape index (κ3) is 3.16. The molecule has 100 valence electrons. The molecule has 18 heavy (non-hydrogen) atoms. The van der Waals surface area contributed by atoms with Crippen LogP contribution in [0.25, 0.3) is 0 Å². The molecule has 0 radical (unpaired) electrons. The second kappa shape index (κ2) is 5.61. The highest BCUT2D eigenvalue weighted by Crippen LogP contribution is 2.33. The average Bonchev–Trinajstić information content (AvgIpc) is 2.62. The van der Waals surface area contributed by atoms with Crippen molar-refractivity contribution < 1.29 is 9.47 Å². The zero-order chi connectivity index (χ0) is 13.0. The van der Waals surface area contributed by atoms with Crippen LogP contribution in [0, 0.1) is 0 Å². The smallest absolute Gasteiger partial charge is 0.165 e. The molecule has 3 heteroatoms. The molecule has 0 aromatic heterocycles. The Bertz CT molecular complexity index is 401. The topological polar surface area (TPSA) is 30.5 Å². The highest BCUT2D eigenvalue weighted by molar-refractivity contribution is 5.47. The van der Waals surface area contributed by atoms with Gasteiger partial charge in [-0.25, -0.2) is 0 Å². The Kier molecular flexibility index (Phi) is 4.12. The highest BCUT2D eigenvalue weighted by atomic mass is 16.5. The van der Waals surface area contributed by atoms with E-state index in [4.69, 9.17) is 9.47 Å². The van der Waals surface area contributed by atoms with Crippen LogP contribution >= 0.6 is 0 Å². The number of nitrogens with one attached hydrogen (secondary N) is 1. The molecule has 1 aliphatic rings. The van der Waals surface area contributed by atoms with Crippen molar-refractivity contribution in [2.45, 2.75) is 45.7 Å². The van der Waals surface area contributed by atoms with Gasteiger partial charge in [0.1, 0.15) is 0 Å². The zero-order valence-corrected chi connectivity index (χ0v) is 11.6. The number of para-hydroxylation sites is 1. The molecule has 1 aromatic rings. The lowest BCUT2D eigenvalue weighted by atomic mass is 10.0. The van der Waals surface area contributed by atoms with Crippen molar-refractivity contribution in [3.8, 4) is 11.5 Å². The van der Waals surface area contributed by atoms with Crippen LogP contribution in [0.5, 0.6) is 11.5 Å². The van der Waals surface area contributed by atoms with Crippen LogP contribution in [0.1, 0.15) is 39.2 Å². The molecule has 0 aliphatic carbocycles. The van der Waals surface area contributed by atoms with Gasteiger partial charge in [-0.05, 0) is 26.3 Å². The summed E-state index contributed by atoms with van der Waals surface area (Å²) in [5, 5.41) is 3.56. The number of hydrogen-bond acceptors (Lipinski definition) is 3. The van der Waals surface area contributed by atoms with Gasteiger partial charge in [-0.3, -0.25) is 0 Å². The normalized spacial score (nSPS) is 15.3. The summed E-state index contributed by atoms with van der Waals surface area (Å²) in [6.45, 7) is 8.91. The molecule has 0 fully saturated rings. The van der Waals surface area contributed by atoms with Gasteiger partial charge in [-0.1, -0.05) is 19.1 Å². The van der Waals surface area contributed by atoms with Gasteiger partial charge in [-0.2, -0.15) is 0 Å². The number of fused-ring (bicyclic) bond motifs is 1. The monoisotopic (exact) mass is 249 g/mol. The minimum absolute atomic E-state index is 0.147. The molecule has 0 unspecified atom stereocenters. The minimum atomic E-state index is 0.147. The minimum Gasteiger partial charge on any atom is -0.490 e. The number of rotatable bonds is 4. The Morgan fingerprint density at radius 3 is 2.78 bits per heavy atom. The van der Waals surface area contributed by atoms with Crippen molar-refractivity contribution in [3.63, 3.8) is 0 Å². The van der Waals surface area contributed by atoms with E-state index < -0.39 is 0 Å². The van der Waals surface area contributed by atoms with Gasteiger partial charge >= 0.3 is 0 Å². The van der Waals surface area contributed by atoms with Gasteiger partial charge in [0, 0.05) is 24.1 Å². The fourth-order valence-corrected chi connectivity index (χ4v) is 1.85. The maximum atomic E-state index is 5.81. The van der Waals surface area contributed by atoms with Crippen molar-refractivity contribution in [1.82, 2.24) is 5.32 Å². The molecule has 2 rings (SSSR count). The Labute approximate surface area is 109 Å². The summed E-state index contributed by atoms with van der Waals surface area (Å²) in [6.07, 6.45) is 2.04. The molecule has 1 N–H and O–H groups in total. The second-order valence-corrected chi connectivity index (χ2v) is 5.39. The summed E-state index contributed by atoms with van der Waals surface area (Å²) in [5.74, 6) is 1.79. The maximum Gasteiger partial charge on any atom is 0.165 e. The molecule has 0 bridgehead atoms. The predicted octanol–water partition coefficient (Wildman–Crippen LogP) is 3.13. The number of ether oxygens (including phenoxy) is 2. The summed E-state index contributed by atoms with van der Waals surface area (Å²) in [4.78, 5) is 0. The quantitative estimate of drug-likeness (QED) is 0.889.